The van der Waals surface area contributed by atoms with Crippen molar-refractivity contribution in [3.63, 3.8) is 0 Å². The van der Waals surface area contributed by atoms with E-state index in [-0.39, 0.29) is 0 Å². The first-order chi connectivity index (χ1) is 9.17. The van der Waals surface area contributed by atoms with Gasteiger partial charge in [0.15, 0.2) is 0 Å². The van der Waals surface area contributed by atoms with E-state index < -0.39 is 0 Å². The summed E-state index contributed by atoms with van der Waals surface area (Å²) in [5.74, 6) is 1.69. The van der Waals surface area contributed by atoms with Gasteiger partial charge in [-0.1, -0.05) is 19.4 Å². The topological polar surface area (TPSA) is 21.3 Å². The predicted molar refractivity (Wildman–Crippen MR) is 81.1 cm³/mol. The SMILES string of the molecule is CCCNC1CCCC1c1c(C)cc(C)cc1OC. The summed E-state index contributed by atoms with van der Waals surface area (Å²) in [6.45, 7) is 7.71. The number of hydrogen-bond donors (Lipinski definition) is 1. The fourth-order valence-electron chi connectivity index (χ4n) is 3.46. The van der Waals surface area contributed by atoms with Crippen LogP contribution in [0.1, 0.15) is 55.2 Å². The Balaban J connectivity index is 2.29. The lowest BCUT2D eigenvalue weighted by atomic mass is 9.88. The van der Waals surface area contributed by atoms with Gasteiger partial charge in [0.1, 0.15) is 5.75 Å². The van der Waals surface area contributed by atoms with Gasteiger partial charge in [0, 0.05) is 17.5 Å². The highest BCUT2D eigenvalue weighted by molar-refractivity contribution is 5.46. The lowest BCUT2D eigenvalue weighted by Crippen LogP contribution is -2.32. The van der Waals surface area contributed by atoms with Crippen LogP contribution in [0.5, 0.6) is 5.75 Å². The first kappa shape index (κ1) is 14.4. The molecule has 1 saturated carbocycles. The summed E-state index contributed by atoms with van der Waals surface area (Å²) in [4.78, 5) is 0. The van der Waals surface area contributed by atoms with E-state index in [1.165, 1.54) is 42.4 Å². The molecular formula is C17H27NO. The average Bonchev–Trinajstić information content (AvgIpc) is 2.83. The maximum atomic E-state index is 5.64. The molecule has 0 radical (unpaired) electrons. The van der Waals surface area contributed by atoms with E-state index in [0.717, 1.165) is 12.3 Å². The molecule has 1 aliphatic rings. The second-order valence-electron chi connectivity index (χ2n) is 5.80. The average molecular weight is 261 g/mol. The molecule has 1 fully saturated rings. The lowest BCUT2D eigenvalue weighted by molar-refractivity contribution is 0.395. The van der Waals surface area contributed by atoms with Crippen molar-refractivity contribution in [3.8, 4) is 5.75 Å². The second-order valence-corrected chi connectivity index (χ2v) is 5.80. The van der Waals surface area contributed by atoms with E-state index in [0.29, 0.717) is 12.0 Å². The van der Waals surface area contributed by atoms with Crippen molar-refractivity contribution in [2.75, 3.05) is 13.7 Å². The molecule has 0 amide bonds. The van der Waals surface area contributed by atoms with Gasteiger partial charge in [-0.3, -0.25) is 0 Å². The van der Waals surface area contributed by atoms with E-state index in [9.17, 15) is 0 Å². The monoisotopic (exact) mass is 261 g/mol. The summed E-state index contributed by atoms with van der Waals surface area (Å²) >= 11 is 0. The Morgan fingerprint density at radius 1 is 1.26 bits per heavy atom. The van der Waals surface area contributed by atoms with Gasteiger partial charge in [0.2, 0.25) is 0 Å². The van der Waals surface area contributed by atoms with Crippen LogP contribution in [-0.4, -0.2) is 19.7 Å². The quantitative estimate of drug-likeness (QED) is 0.866. The minimum atomic E-state index is 0.613. The molecule has 0 aliphatic heterocycles. The van der Waals surface area contributed by atoms with Crippen molar-refractivity contribution in [1.82, 2.24) is 5.32 Å². The van der Waals surface area contributed by atoms with Gasteiger partial charge in [-0.2, -0.15) is 0 Å². The molecule has 1 aliphatic carbocycles. The van der Waals surface area contributed by atoms with Crippen LogP contribution in [0.4, 0.5) is 0 Å². The normalized spacial score (nSPS) is 22.7. The number of ether oxygens (including phenoxy) is 1. The van der Waals surface area contributed by atoms with E-state index in [1.54, 1.807) is 7.11 Å². The van der Waals surface area contributed by atoms with Gasteiger partial charge in [0.25, 0.3) is 0 Å². The van der Waals surface area contributed by atoms with E-state index in [2.05, 4.69) is 38.2 Å². The fourth-order valence-corrected chi connectivity index (χ4v) is 3.46. The number of nitrogens with one attached hydrogen (secondary N) is 1. The zero-order valence-electron chi connectivity index (χ0n) is 12.8. The number of rotatable bonds is 5. The van der Waals surface area contributed by atoms with Crippen molar-refractivity contribution in [2.24, 2.45) is 0 Å². The van der Waals surface area contributed by atoms with Crippen molar-refractivity contribution in [1.29, 1.82) is 0 Å². The zero-order valence-corrected chi connectivity index (χ0v) is 12.8. The van der Waals surface area contributed by atoms with Crippen LogP contribution in [-0.2, 0) is 0 Å². The van der Waals surface area contributed by atoms with Gasteiger partial charge in [0.05, 0.1) is 7.11 Å². The first-order valence-electron chi connectivity index (χ1n) is 7.55. The van der Waals surface area contributed by atoms with Gasteiger partial charge >= 0.3 is 0 Å². The molecule has 2 heteroatoms. The molecule has 1 aromatic carbocycles. The highest BCUT2D eigenvalue weighted by Gasteiger charge is 2.31. The lowest BCUT2D eigenvalue weighted by Gasteiger charge is -2.25. The molecule has 2 unspecified atom stereocenters. The molecule has 19 heavy (non-hydrogen) atoms. The third-order valence-electron chi connectivity index (χ3n) is 4.26. The van der Waals surface area contributed by atoms with Crippen LogP contribution < -0.4 is 10.1 Å². The first-order valence-corrected chi connectivity index (χ1v) is 7.55. The summed E-state index contributed by atoms with van der Waals surface area (Å²) in [5.41, 5.74) is 4.10. The van der Waals surface area contributed by atoms with Crippen LogP contribution >= 0.6 is 0 Å². The molecule has 0 bridgehead atoms. The summed E-state index contributed by atoms with van der Waals surface area (Å²) in [6.07, 6.45) is 5.10. The Labute approximate surface area is 117 Å². The van der Waals surface area contributed by atoms with Crippen LogP contribution in [0.25, 0.3) is 0 Å². The van der Waals surface area contributed by atoms with Crippen LogP contribution in [0.15, 0.2) is 12.1 Å². The third-order valence-corrected chi connectivity index (χ3v) is 4.26. The minimum absolute atomic E-state index is 0.613. The predicted octanol–water partition coefficient (Wildman–Crippen LogP) is 3.95. The molecule has 2 nitrogen and oxygen atoms in total. The molecule has 0 heterocycles. The molecule has 1 aromatic rings. The maximum Gasteiger partial charge on any atom is 0.122 e. The van der Waals surface area contributed by atoms with Gasteiger partial charge < -0.3 is 10.1 Å². The molecular weight excluding hydrogens is 234 g/mol. The molecule has 1 N–H and O–H groups in total. The van der Waals surface area contributed by atoms with Crippen LogP contribution in [0.3, 0.4) is 0 Å². The summed E-state index contributed by atoms with van der Waals surface area (Å²) in [6, 6.07) is 5.08. The van der Waals surface area contributed by atoms with E-state index >= 15 is 0 Å². The third kappa shape index (κ3) is 3.11. The van der Waals surface area contributed by atoms with Crippen molar-refractivity contribution in [3.05, 3.63) is 28.8 Å². The summed E-state index contributed by atoms with van der Waals surface area (Å²) < 4.78 is 5.64. The van der Waals surface area contributed by atoms with Crippen molar-refractivity contribution >= 4 is 0 Å². The second kappa shape index (κ2) is 6.42. The van der Waals surface area contributed by atoms with Crippen molar-refractivity contribution in [2.45, 2.75) is 58.4 Å². The van der Waals surface area contributed by atoms with Crippen molar-refractivity contribution < 1.29 is 4.74 Å². The Morgan fingerprint density at radius 3 is 2.74 bits per heavy atom. The fraction of sp³-hybridized carbons (Fsp3) is 0.647. The van der Waals surface area contributed by atoms with E-state index in [4.69, 9.17) is 4.74 Å². The maximum absolute atomic E-state index is 5.64. The Hall–Kier alpha value is -1.02. The standard InChI is InChI=1S/C17H27NO/c1-5-9-18-15-8-6-7-14(15)17-13(3)10-12(2)11-16(17)19-4/h10-11,14-15,18H,5-9H2,1-4H3. The van der Waals surface area contributed by atoms with Gasteiger partial charge in [-0.15, -0.1) is 0 Å². The van der Waals surface area contributed by atoms with E-state index in [1.807, 2.05) is 0 Å². The Bertz CT molecular complexity index is 428. The summed E-state index contributed by atoms with van der Waals surface area (Å²) in [5, 5.41) is 3.72. The Kier molecular flexibility index (Phi) is 4.87. The molecule has 2 rings (SSSR count). The molecule has 0 aromatic heterocycles. The van der Waals surface area contributed by atoms with Gasteiger partial charge in [-0.25, -0.2) is 0 Å². The number of hydrogen-bond acceptors (Lipinski definition) is 2. The zero-order chi connectivity index (χ0) is 13.8. The highest BCUT2D eigenvalue weighted by Crippen LogP contribution is 2.41. The van der Waals surface area contributed by atoms with Crippen LogP contribution in [0, 0.1) is 13.8 Å². The molecule has 0 spiro atoms. The summed E-state index contributed by atoms with van der Waals surface area (Å²) in [7, 11) is 1.79. The molecule has 106 valence electrons. The number of methoxy groups -OCH3 is 1. The van der Waals surface area contributed by atoms with Crippen LogP contribution in [0.2, 0.25) is 0 Å². The number of aryl methyl sites for hydroxylation is 2. The number of benzene rings is 1. The molecule has 0 saturated heterocycles. The Morgan fingerprint density at radius 2 is 2.05 bits per heavy atom. The highest BCUT2D eigenvalue weighted by atomic mass is 16.5. The molecule has 2 atom stereocenters. The smallest absolute Gasteiger partial charge is 0.122 e. The minimum Gasteiger partial charge on any atom is -0.496 e. The van der Waals surface area contributed by atoms with Gasteiger partial charge in [-0.05, 0) is 56.8 Å². The largest absolute Gasteiger partial charge is 0.496 e.